The van der Waals surface area contributed by atoms with Gasteiger partial charge in [-0.15, -0.1) is 11.3 Å². The van der Waals surface area contributed by atoms with Crippen molar-refractivity contribution >= 4 is 58.4 Å². The van der Waals surface area contributed by atoms with Gasteiger partial charge >= 0.3 is 0 Å². The first kappa shape index (κ1) is 24.1. The molecule has 0 spiro atoms. The molecule has 0 saturated carbocycles. The molecule has 1 heterocycles. The predicted molar refractivity (Wildman–Crippen MR) is 131 cm³/mol. The Kier molecular flexibility index (Phi) is 9.67. The number of anilines is 1. The average molecular weight is 497 g/mol. The molecule has 0 bridgehead atoms. The highest BCUT2D eigenvalue weighted by atomic mass is 35.5. The molecule has 0 atom stereocenters. The molecule has 0 aliphatic carbocycles. The van der Waals surface area contributed by atoms with Gasteiger partial charge in [0, 0.05) is 33.3 Å². The molecule has 3 rings (SSSR count). The van der Waals surface area contributed by atoms with Crippen molar-refractivity contribution in [1.82, 2.24) is 4.72 Å². The van der Waals surface area contributed by atoms with E-state index in [1.54, 1.807) is 19.2 Å². The van der Waals surface area contributed by atoms with E-state index in [-0.39, 0.29) is 5.91 Å². The fourth-order valence-electron chi connectivity index (χ4n) is 2.84. The summed E-state index contributed by atoms with van der Waals surface area (Å²) in [5.74, 6) is -0.223. The second-order valence-electron chi connectivity index (χ2n) is 6.45. The summed E-state index contributed by atoms with van der Waals surface area (Å²) in [6.07, 6.45) is 0.795. The van der Waals surface area contributed by atoms with E-state index >= 15 is 0 Å². The smallest absolute Gasteiger partial charge is 0.256 e. The lowest BCUT2D eigenvalue weighted by molar-refractivity contribution is 0.102. The van der Waals surface area contributed by atoms with E-state index in [4.69, 9.17) is 32.1 Å². The van der Waals surface area contributed by atoms with Crippen molar-refractivity contribution in [1.29, 1.82) is 0 Å². The number of thiophene rings is 1. The number of hydrogen-bond donors (Lipinski definition) is 2. The fourth-order valence-corrected chi connectivity index (χ4v) is 4.38. The van der Waals surface area contributed by atoms with Crippen LogP contribution in [-0.2, 0) is 15.3 Å². The maximum atomic E-state index is 12.9. The lowest BCUT2D eigenvalue weighted by atomic mass is 10.0. The Morgan fingerprint density at radius 3 is 2.58 bits per heavy atom. The molecule has 0 unspecified atom stereocenters. The molecule has 3 aromatic rings. The van der Waals surface area contributed by atoms with E-state index in [2.05, 4.69) is 10.0 Å². The number of nitrogens with one attached hydrogen (secondary N) is 2. The van der Waals surface area contributed by atoms with E-state index < -0.39 is 0 Å². The van der Waals surface area contributed by atoms with Gasteiger partial charge in [-0.2, -0.15) is 0 Å². The minimum Gasteiger partial charge on any atom is -0.380 e. The highest BCUT2D eigenvalue weighted by Crippen LogP contribution is 2.34. The fraction of sp³-hybridized carbons (Fsp3) is 0.227. The van der Waals surface area contributed by atoms with Crippen LogP contribution >= 0.6 is 46.8 Å². The molecule has 31 heavy (non-hydrogen) atoms. The summed E-state index contributed by atoms with van der Waals surface area (Å²) in [5.41, 5.74) is 3.15. The zero-order valence-corrected chi connectivity index (χ0v) is 20.0. The molecule has 0 radical (unpaired) electrons. The van der Waals surface area contributed by atoms with Crippen molar-refractivity contribution in [3.05, 3.63) is 75.1 Å². The predicted octanol–water partition coefficient (Wildman–Crippen LogP) is 6.33. The molecule has 0 aliphatic heterocycles. The number of carbonyl (C=O) groups is 1. The third-order valence-electron chi connectivity index (χ3n) is 4.30. The number of halogens is 2. The topological polar surface area (TPSA) is 59.6 Å². The Labute approximate surface area is 200 Å². The van der Waals surface area contributed by atoms with Gasteiger partial charge in [-0.05, 0) is 48.4 Å². The molecule has 2 aromatic carbocycles. The van der Waals surface area contributed by atoms with E-state index in [1.165, 1.54) is 23.6 Å². The Morgan fingerprint density at radius 1 is 1.06 bits per heavy atom. The molecule has 2 N–H and O–H groups in total. The highest BCUT2D eigenvalue weighted by Gasteiger charge is 2.15. The summed E-state index contributed by atoms with van der Waals surface area (Å²) in [5, 5.41) is 3.45. The van der Waals surface area contributed by atoms with Gasteiger partial charge < -0.3 is 14.2 Å². The van der Waals surface area contributed by atoms with Crippen molar-refractivity contribution in [2.45, 2.75) is 6.42 Å². The van der Waals surface area contributed by atoms with E-state index in [1.807, 2.05) is 42.5 Å². The molecule has 0 saturated heterocycles. The number of benzene rings is 2. The Balaban J connectivity index is 1.57. The van der Waals surface area contributed by atoms with Gasteiger partial charge in [0.05, 0.1) is 36.9 Å². The monoisotopic (exact) mass is 496 g/mol. The maximum absolute atomic E-state index is 12.9. The first-order chi connectivity index (χ1) is 15.1. The standard InChI is InChI=1S/C22H22Cl2N2O3S2/c1-28-31-25-11-13-29-12-10-15-2-5-17(6-3-15)26-22(27)19-14-16(23)4-7-18(19)20-8-9-21(24)30-20/h2-9,14,25H,10-13H2,1H3,(H,26,27). The zero-order chi connectivity index (χ0) is 22.1. The Hall–Kier alpha value is -1.58. The summed E-state index contributed by atoms with van der Waals surface area (Å²) < 4.78 is 14.1. The van der Waals surface area contributed by atoms with Crippen LogP contribution in [0.3, 0.4) is 0 Å². The Bertz CT molecular complexity index is 997. The minimum absolute atomic E-state index is 0.223. The van der Waals surface area contributed by atoms with Crippen LogP contribution in [0.1, 0.15) is 15.9 Å². The van der Waals surface area contributed by atoms with E-state index in [0.717, 1.165) is 22.4 Å². The van der Waals surface area contributed by atoms with Crippen LogP contribution in [-0.4, -0.2) is 32.8 Å². The van der Waals surface area contributed by atoms with Crippen molar-refractivity contribution in [2.75, 3.05) is 32.2 Å². The molecule has 1 aromatic heterocycles. The second-order valence-corrected chi connectivity index (χ2v) is 9.39. The number of ether oxygens (including phenoxy) is 1. The molecule has 0 aliphatic rings. The summed E-state index contributed by atoms with van der Waals surface area (Å²) in [7, 11) is 1.61. The summed E-state index contributed by atoms with van der Waals surface area (Å²) in [6, 6.07) is 16.7. The molecule has 5 nitrogen and oxygen atoms in total. The molecular weight excluding hydrogens is 475 g/mol. The van der Waals surface area contributed by atoms with Crippen molar-refractivity contribution in [3.63, 3.8) is 0 Å². The number of carbonyl (C=O) groups excluding carboxylic acids is 1. The van der Waals surface area contributed by atoms with Gasteiger partial charge in [0.15, 0.2) is 0 Å². The van der Waals surface area contributed by atoms with Gasteiger partial charge in [-0.1, -0.05) is 41.4 Å². The normalized spacial score (nSPS) is 10.9. The van der Waals surface area contributed by atoms with Crippen LogP contribution < -0.4 is 10.0 Å². The highest BCUT2D eigenvalue weighted by molar-refractivity contribution is 7.92. The second kappa shape index (κ2) is 12.5. The Morgan fingerprint density at radius 2 is 1.87 bits per heavy atom. The summed E-state index contributed by atoms with van der Waals surface area (Å²) >= 11 is 14.8. The van der Waals surface area contributed by atoms with Gasteiger partial charge in [0.1, 0.15) is 0 Å². The van der Waals surface area contributed by atoms with E-state index in [9.17, 15) is 4.79 Å². The first-order valence-electron chi connectivity index (χ1n) is 9.52. The molecule has 164 valence electrons. The van der Waals surface area contributed by atoms with Crippen LogP contribution in [0.15, 0.2) is 54.6 Å². The number of amides is 1. The van der Waals surface area contributed by atoms with E-state index in [0.29, 0.717) is 40.4 Å². The molecule has 0 fully saturated rings. The van der Waals surface area contributed by atoms with Crippen LogP contribution in [0, 0.1) is 0 Å². The van der Waals surface area contributed by atoms with Crippen LogP contribution in [0.5, 0.6) is 0 Å². The van der Waals surface area contributed by atoms with Crippen LogP contribution in [0.2, 0.25) is 9.36 Å². The molecular formula is C22H22Cl2N2O3S2. The van der Waals surface area contributed by atoms with Crippen LogP contribution in [0.4, 0.5) is 5.69 Å². The number of rotatable bonds is 11. The summed E-state index contributed by atoms with van der Waals surface area (Å²) in [4.78, 5) is 13.9. The van der Waals surface area contributed by atoms with Gasteiger partial charge in [0.25, 0.3) is 5.91 Å². The summed E-state index contributed by atoms with van der Waals surface area (Å²) in [6.45, 7) is 1.95. The zero-order valence-electron chi connectivity index (χ0n) is 16.8. The van der Waals surface area contributed by atoms with Gasteiger partial charge in [-0.25, -0.2) is 4.72 Å². The third-order valence-corrected chi connectivity index (χ3v) is 6.29. The van der Waals surface area contributed by atoms with Crippen molar-refractivity contribution in [3.8, 4) is 10.4 Å². The lowest BCUT2D eigenvalue weighted by Gasteiger charge is -2.11. The average Bonchev–Trinajstić information content (AvgIpc) is 3.20. The van der Waals surface area contributed by atoms with Crippen molar-refractivity contribution < 1.29 is 13.7 Å². The maximum Gasteiger partial charge on any atom is 0.256 e. The molecule has 9 heteroatoms. The lowest BCUT2D eigenvalue weighted by Crippen LogP contribution is -2.14. The minimum atomic E-state index is -0.223. The molecule has 1 amide bonds. The van der Waals surface area contributed by atoms with Gasteiger partial charge in [0.2, 0.25) is 0 Å². The first-order valence-corrected chi connectivity index (χ1v) is 11.8. The van der Waals surface area contributed by atoms with Crippen LogP contribution in [0.25, 0.3) is 10.4 Å². The third kappa shape index (κ3) is 7.50. The van der Waals surface area contributed by atoms with Crippen molar-refractivity contribution in [2.24, 2.45) is 0 Å². The number of hydrogen-bond acceptors (Lipinski definition) is 6. The van der Waals surface area contributed by atoms with Gasteiger partial charge in [-0.3, -0.25) is 4.79 Å². The SMILES string of the molecule is COSNCCOCCc1ccc(NC(=O)c2cc(Cl)ccc2-c2ccc(Cl)s2)cc1. The quantitative estimate of drug-likeness (QED) is 0.184. The largest absolute Gasteiger partial charge is 0.380 e.